The van der Waals surface area contributed by atoms with Crippen LogP contribution in [0.4, 0.5) is 0 Å². The molecule has 0 atom stereocenters. The Kier molecular flexibility index (Phi) is 5.35. The average Bonchev–Trinajstić information content (AvgIpc) is 2.25. The lowest BCUT2D eigenvalue weighted by atomic mass is 9.69. The fraction of sp³-hybridized carbons (Fsp3) is 0.857. The number of carbonyl (C=O) groups is 2. The largest absolute Gasteiger partial charge is 0.481 e. The molecular formula is C14H25NO4. The van der Waals surface area contributed by atoms with Crippen molar-refractivity contribution in [3.05, 3.63) is 0 Å². The van der Waals surface area contributed by atoms with E-state index in [2.05, 4.69) is 5.48 Å². The number of nitrogens with one attached hydrogen (secondary N) is 1. The summed E-state index contributed by atoms with van der Waals surface area (Å²) >= 11 is 0. The molecule has 0 radical (unpaired) electrons. The number of hydrogen-bond donors (Lipinski definition) is 2. The number of carboxylic acid groups (broad SMARTS) is 1. The lowest BCUT2D eigenvalue weighted by molar-refractivity contribution is -0.150. The minimum Gasteiger partial charge on any atom is -0.481 e. The first-order chi connectivity index (χ1) is 8.72. The summed E-state index contributed by atoms with van der Waals surface area (Å²) in [4.78, 5) is 28.2. The zero-order valence-electron chi connectivity index (χ0n) is 12.1. The fourth-order valence-corrected chi connectivity index (χ4v) is 2.63. The van der Waals surface area contributed by atoms with Gasteiger partial charge in [0.2, 0.25) is 5.91 Å². The standard InChI is InChI=1S/C14H25NO4/c1-13(2,3)19-15-11(16)9-14(10-12(17)18)7-5-4-6-8-14/h4-10H2,1-3H3,(H,15,16)(H,17,18). The number of carboxylic acids is 1. The van der Waals surface area contributed by atoms with Crippen LogP contribution in [0.25, 0.3) is 0 Å². The highest BCUT2D eigenvalue weighted by atomic mass is 16.7. The molecule has 0 spiro atoms. The van der Waals surface area contributed by atoms with Crippen LogP contribution in [0.5, 0.6) is 0 Å². The molecule has 19 heavy (non-hydrogen) atoms. The average molecular weight is 271 g/mol. The van der Waals surface area contributed by atoms with Crippen molar-refractivity contribution in [3.63, 3.8) is 0 Å². The van der Waals surface area contributed by atoms with E-state index in [-0.39, 0.29) is 18.7 Å². The van der Waals surface area contributed by atoms with Gasteiger partial charge in [-0.3, -0.25) is 14.4 Å². The molecule has 1 amide bonds. The van der Waals surface area contributed by atoms with Gasteiger partial charge in [-0.1, -0.05) is 19.3 Å². The normalized spacial score (nSPS) is 18.9. The van der Waals surface area contributed by atoms with Gasteiger partial charge >= 0.3 is 5.97 Å². The maximum absolute atomic E-state index is 11.9. The van der Waals surface area contributed by atoms with E-state index < -0.39 is 17.0 Å². The smallest absolute Gasteiger partial charge is 0.303 e. The van der Waals surface area contributed by atoms with Gasteiger partial charge in [-0.2, -0.15) is 0 Å². The quantitative estimate of drug-likeness (QED) is 0.754. The van der Waals surface area contributed by atoms with Crippen molar-refractivity contribution in [3.8, 4) is 0 Å². The molecule has 0 aromatic heterocycles. The molecule has 1 aliphatic rings. The third kappa shape index (κ3) is 6.05. The van der Waals surface area contributed by atoms with Gasteiger partial charge in [0, 0.05) is 6.42 Å². The summed E-state index contributed by atoms with van der Waals surface area (Å²) < 4.78 is 0. The highest BCUT2D eigenvalue weighted by Gasteiger charge is 2.36. The zero-order chi connectivity index (χ0) is 14.5. The molecule has 1 aliphatic carbocycles. The number of hydroxylamine groups is 1. The molecule has 2 N–H and O–H groups in total. The maximum atomic E-state index is 11.9. The van der Waals surface area contributed by atoms with Crippen molar-refractivity contribution in [1.82, 2.24) is 5.48 Å². The van der Waals surface area contributed by atoms with Gasteiger partial charge < -0.3 is 5.11 Å². The number of hydrogen-bond acceptors (Lipinski definition) is 3. The highest BCUT2D eigenvalue weighted by molar-refractivity contribution is 5.77. The molecule has 0 aliphatic heterocycles. The van der Waals surface area contributed by atoms with Crippen LogP contribution in [-0.2, 0) is 14.4 Å². The monoisotopic (exact) mass is 271 g/mol. The van der Waals surface area contributed by atoms with Gasteiger partial charge in [0.1, 0.15) is 0 Å². The Hall–Kier alpha value is -1.10. The summed E-state index contributed by atoms with van der Waals surface area (Å²) in [6, 6.07) is 0. The van der Waals surface area contributed by atoms with Crippen molar-refractivity contribution < 1.29 is 19.5 Å². The van der Waals surface area contributed by atoms with Gasteiger partial charge in [-0.15, -0.1) is 0 Å². The third-order valence-corrected chi connectivity index (χ3v) is 3.45. The molecule has 0 aromatic rings. The number of aliphatic carboxylic acids is 1. The van der Waals surface area contributed by atoms with E-state index in [4.69, 9.17) is 9.94 Å². The summed E-state index contributed by atoms with van der Waals surface area (Å²) in [6.07, 6.45) is 5.04. The first-order valence-corrected chi connectivity index (χ1v) is 6.91. The summed E-state index contributed by atoms with van der Waals surface area (Å²) in [7, 11) is 0. The van der Waals surface area contributed by atoms with Gasteiger partial charge in [0.25, 0.3) is 0 Å². The number of amides is 1. The summed E-state index contributed by atoms with van der Waals surface area (Å²) in [6.45, 7) is 5.54. The van der Waals surface area contributed by atoms with Crippen molar-refractivity contribution in [2.75, 3.05) is 0 Å². The Balaban J connectivity index is 2.57. The zero-order valence-corrected chi connectivity index (χ0v) is 12.1. The number of carbonyl (C=O) groups excluding carboxylic acids is 1. The van der Waals surface area contributed by atoms with Crippen molar-refractivity contribution >= 4 is 11.9 Å². The minimum atomic E-state index is -0.827. The Morgan fingerprint density at radius 2 is 1.74 bits per heavy atom. The molecule has 0 bridgehead atoms. The SMILES string of the molecule is CC(C)(C)ONC(=O)CC1(CC(=O)O)CCCCC1. The Morgan fingerprint density at radius 1 is 1.16 bits per heavy atom. The second kappa shape index (κ2) is 6.37. The lowest BCUT2D eigenvalue weighted by Gasteiger charge is -2.35. The second-order valence-corrected chi connectivity index (χ2v) is 6.55. The van der Waals surface area contributed by atoms with Crippen LogP contribution in [0.15, 0.2) is 0 Å². The second-order valence-electron chi connectivity index (χ2n) is 6.55. The predicted octanol–water partition coefficient (Wildman–Crippen LogP) is 2.65. The van der Waals surface area contributed by atoms with Gasteiger partial charge in [0.15, 0.2) is 0 Å². The van der Waals surface area contributed by atoms with E-state index in [1.54, 1.807) is 0 Å². The van der Waals surface area contributed by atoms with Crippen LogP contribution in [0.1, 0.15) is 65.7 Å². The molecule has 0 aromatic carbocycles. The summed E-state index contributed by atoms with van der Waals surface area (Å²) in [5, 5.41) is 9.04. The van der Waals surface area contributed by atoms with Gasteiger partial charge in [-0.05, 0) is 39.0 Å². The van der Waals surface area contributed by atoms with Crippen molar-refractivity contribution in [2.45, 2.75) is 71.3 Å². The van der Waals surface area contributed by atoms with Crippen molar-refractivity contribution in [2.24, 2.45) is 5.41 Å². The van der Waals surface area contributed by atoms with Crippen LogP contribution in [0.3, 0.4) is 0 Å². The van der Waals surface area contributed by atoms with Gasteiger partial charge in [-0.25, -0.2) is 5.48 Å². The third-order valence-electron chi connectivity index (χ3n) is 3.45. The van der Waals surface area contributed by atoms with E-state index >= 15 is 0 Å². The van der Waals surface area contributed by atoms with Gasteiger partial charge in [0.05, 0.1) is 12.0 Å². The molecule has 0 unspecified atom stereocenters. The van der Waals surface area contributed by atoms with E-state index in [1.807, 2.05) is 20.8 Å². The summed E-state index contributed by atoms with van der Waals surface area (Å²) in [5.74, 6) is -1.05. The van der Waals surface area contributed by atoms with E-state index in [0.717, 1.165) is 32.1 Å². The van der Waals surface area contributed by atoms with E-state index in [9.17, 15) is 9.59 Å². The molecule has 1 saturated carbocycles. The summed E-state index contributed by atoms with van der Waals surface area (Å²) in [5.41, 5.74) is 1.60. The van der Waals surface area contributed by atoms with Crippen LogP contribution in [0, 0.1) is 5.41 Å². The van der Waals surface area contributed by atoms with Crippen LogP contribution in [0.2, 0.25) is 0 Å². The first-order valence-electron chi connectivity index (χ1n) is 6.91. The van der Waals surface area contributed by atoms with Crippen LogP contribution < -0.4 is 5.48 Å². The van der Waals surface area contributed by atoms with Crippen molar-refractivity contribution in [1.29, 1.82) is 0 Å². The molecule has 5 nitrogen and oxygen atoms in total. The fourth-order valence-electron chi connectivity index (χ4n) is 2.63. The Morgan fingerprint density at radius 3 is 2.21 bits per heavy atom. The molecule has 0 heterocycles. The maximum Gasteiger partial charge on any atom is 0.303 e. The first kappa shape index (κ1) is 16.0. The lowest BCUT2D eigenvalue weighted by Crippen LogP contribution is -2.38. The predicted molar refractivity (Wildman–Crippen MR) is 71.4 cm³/mol. The van der Waals surface area contributed by atoms with Crippen LogP contribution in [-0.4, -0.2) is 22.6 Å². The molecule has 5 heteroatoms. The molecular weight excluding hydrogens is 246 g/mol. The van der Waals surface area contributed by atoms with E-state index in [1.165, 1.54) is 0 Å². The van der Waals surface area contributed by atoms with Crippen LogP contribution >= 0.6 is 0 Å². The van der Waals surface area contributed by atoms with E-state index in [0.29, 0.717) is 0 Å². The molecule has 110 valence electrons. The molecule has 1 fully saturated rings. The molecule has 1 rings (SSSR count). The highest BCUT2D eigenvalue weighted by Crippen LogP contribution is 2.42. The minimum absolute atomic E-state index is 0.0654. The molecule has 0 saturated heterocycles. The Bertz CT molecular complexity index is 327. The number of rotatable bonds is 5. The topological polar surface area (TPSA) is 75.6 Å². The Labute approximate surface area is 114 Å².